The molecule has 0 aromatic heterocycles. The van der Waals surface area contributed by atoms with Gasteiger partial charge in [0.1, 0.15) is 0 Å². The van der Waals surface area contributed by atoms with Gasteiger partial charge in [-0.2, -0.15) is 0 Å². The molecule has 0 radical (unpaired) electrons. The predicted octanol–water partition coefficient (Wildman–Crippen LogP) is 2.95. The predicted molar refractivity (Wildman–Crippen MR) is 91.5 cm³/mol. The zero-order valence-electron chi connectivity index (χ0n) is 14.8. The molecule has 3 unspecified atom stereocenters. The minimum atomic E-state index is 0.272. The van der Waals surface area contributed by atoms with Crippen LogP contribution < -0.4 is 5.73 Å². The molecule has 0 aromatic carbocycles. The number of hydrogen-bond donors (Lipinski definition) is 1. The van der Waals surface area contributed by atoms with Crippen molar-refractivity contribution in [2.75, 3.05) is 33.2 Å². The van der Waals surface area contributed by atoms with Crippen molar-refractivity contribution in [3.8, 4) is 0 Å². The van der Waals surface area contributed by atoms with Crippen LogP contribution in [0.25, 0.3) is 0 Å². The van der Waals surface area contributed by atoms with Crippen molar-refractivity contribution >= 4 is 0 Å². The van der Waals surface area contributed by atoms with Crippen LogP contribution in [-0.2, 0) is 0 Å². The fraction of sp³-hybridized carbons (Fsp3) is 1.00. The first-order valence-corrected chi connectivity index (χ1v) is 9.14. The van der Waals surface area contributed by atoms with Gasteiger partial charge in [-0.15, -0.1) is 0 Å². The number of nitrogens with two attached hydrogens (primary N) is 1. The summed E-state index contributed by atoms with van der Waals surface area (Å²) in [7, 11) is 2.26. The van der Waals surface area contributed by atoms with Gasteiger partial charge in [0, 0.05) is 31.2 Å². The Labute approximate surface area is 132 Å². The van der Waals surface area contributed by atoms with Crippen molar-refractivity contribution in [1.29, 1.82) is 0 Å². The third kappa shape index (κ3) is 4.00. The molecular formula is C18H37N3. The summed E-state index contributed by atoms with van der Waals surface area (Å²) in [5, 5.41) is 0. The van der Waals surface area contributed by atoms with E-state index in [2.05, 4.69) is 37.6 Å². The molecule has 2 rings (SSSR count). The lowest BCUT2D eigenvalue weighted by Gasteiger charge is -2.46. The van der Waals surface area contributed by atoms with Crippen molar-refractivity contribution in [3.63, 3.8) is 0 Å². The van der Waals surface area contributed by atoms with E-state index in [9.17, 15) is 0 Å². The maximum Gasteiger partial charge on any atom is 0.0335 e. The molecule has 0 aromatic rings. The summed E-state index contributed by atoms with van der Waals surface area (Å²) in [6.07, 6.45) is 8.03. The first kappa shape index (κ1) is 17.2. The van der Waals surface area contributed by atoms with Gasteiger partial charge in [0.25, 0.3) is 0 Å². The highest BCUT2D eigenvalue weighted by molar-refractivity contribution is 4.97. The second-order valence-corrected chi connectivity index (χ2v) is 8.02. The van der Waals surface area contributed by atoms with Crippen LogP contribution in [0.15, 0.2) is 0 Å². The maximum atomic E-state index is 6.35. The Morgan fingerprint density at radius 1 is 1.14 bits per heavy atom. The average molecular weight is 296 g/mol. The number of hydrogen-bond acceptors (Lipinski definition) is 3. The van der Waals surface area contributed by atoms with Gasteiger partial charge in [0.05, 0.1) is 0 Å². The molecule has 1 heterocycles. The van der Waals surface area contributed by atoms with Gasteiger partial charge in [0.15, 0.2) is 0 Å². The number of likely N-dealkylation sites (N-methyl/N-ethyl adjacent to an activating group) is 1. The Morgan fingerprint density at radius 3 is 2.57 bits per heavy atom. The smallest absolute Gasteiger partial charge is 0.0335 e. The summed E-state index contributed by atoms with van der Waals surface area (Å²) in [5.74, 6) is 1.73. The van der Waals surface area contributed by atoms with E-state index in [4.69, 9.17) is 5.73 Å². The molecule has 124 valence electrons. The molecule has 1 saturated heterocycles. The third-order valence-electron chi connectivity index (χ3n) is 6.18. The minimum Gasteiger partial charge on any atom is -0.329 e. The van der Waals surface area contributed by atoms with Crippen LogP contribution in [0.3, 0.4) is 0 Å². The van der Waals surface area contributed by atoms with E-state index in [0.717, 1.165) is 18.4 Å². The van der Waals surface area contributed by atoms with Crippen molar-refractivity contribution in [1.82, 2.24) is 9.80 Å². The van der Waals surface area contributed by atoms with Crippen LogP contribution in [0, 0.1) is 11.8 Å². The summed E-state index contributed by atoms with van der Waals surface area (Å²) >= 11 is 0. The highest BCUT2D eigenvalue weighted by Gasteiger charge is 2.40. The lowest BCUT2D eigenvalue weighted by Crippen LogP contribution is -2.58. The fourth-order valence-electron chi connectivity index (χ4n) is 4.77. The molecule has 1 aliphatic heterocycles. The SMILES string of the molecule is CC(C)C1CCCC(CN)(N2CCCN(C)CC2C)CC1. The number of nitrogens with zero attached hydrogens (tertiary/aromatic N) is 2. The molecule has 0 bridgehead atoms. The Morgan fingerprint density at radius 2 is 1.90 bits per heavy atom. The van der Waals surface area contributed by atoms with E-state index in [1.165, 1.54) is 58.2 Å². The van der Waals surface area contributed by atoms with E-state index in [-0.39, 0.29) is 5.54 Å². The van der Waals surface area contributed by atoms with Gasteiger partial charge in [-0.3, -0.25) is 4.90 Å². The molecule has 2 N–H and O–H groups in total. The summed E-state index contributed by atoms with van der Waals surface area (Å²) in [6, 6.07) is 0.636. The van der Waals surface area contributed by atoms with Crippen molar-refractivity contribution in [2.24, 2.45) is 17.6 Å². The van der Waals surface area contributed by atoms with E-state index in [1.807, 2.05) is 0 Å². The van der Waals surface area contributed by atoms with Crippen LogP contribution in [0.4, 0.5) is 0 Å². The molecule has 0 amide bonds. The van der Waals surface area contributed by atoms with E-state index in [0.29, 0.717) is 6.04 Å². The number of rotatable bonds is 3. The highest BCUT2D eigenvalue weighted by Crippen LogP contribution is 2.38. The second-order valence-electron chi connectivity index (χ2n) is 8.02. The summed E-state index contributed by atoms with van der Waals surface area (Å²) in [5.41, 5.74) is 6.62. The Kier molecular flexibility index (Phi) is 6.10. The molecule has 2 aliphatic rings. The van der Waals surface area contributed by atoms with Gasteiger partial charge in [-0.05, 0) is 58.0 Å². The van der Waals surface area contributed by atoms with Crippen LogP contribution in [0.1, 0.15) is 59.3 Å². The van der Waals surface area contributed by atoms with E-state index in [1.54, 1.807) is 0 Å². The van der Waals surface area contributed by atoms with Crippen LogP contribution >= 0.6 is 0 Å². The van der Waals surface area contributed by atoms with Gasteiger partial charge < -0.3 is 10.6 Å². The standard InChI is InChI=1S/C18H37N3/c1-15(2)17-7-5-9-18(14-19,10-8-17)21-12-6-11-20(4)13-16(21)3/h15-17H,5-14,19H2,1-4H3. The van der Waals surface area contributed by atoms with E-state index < -0.39 is 0 Å². The Hall–Kier alpha value is -0.120. The molecule has 1 aliphatic carbocycles. The first-order chi connectivity index (χ1) is 9.98. The van der Waals surface area contributed by atoms with Gasteiger partial charge >= 0.3 is 0 Å². The van der Waals surface area contributed by atoms with Crippen LogP contribution in [-0.4, -0.2) is 54.6 Å². The second kappa shape index (κ2) is 7.43. The molecule has 1 saturated carbocycles. The van der Waals surface area contributed by atoms with Crippen molar-refractivity contribution in [3.05, 3.63) is 0 Å². The molecule has 3 atom stereocenters. The molecule has 3 heteroatoms. The zero-order valence-corrected chi connectivity index (χ0v) is 14.8. The molecule has 0 spiro atoms. The van der Waals surface area contributed by atoms with E-state index >= 15 is 0 Å². The topological polar surface area (TPSA) is 32.5 Å². The summed E-state index contributed by atoms with van der Waals surface area (Å²) in [4.78, 5) is 5.28. The van der Waals surface area contributed by atoms with Crippen molar-refractivity contribution < 1.29 is 0 Å². The fourth-order valence-corrected chi connectivity index (χ4v) is 4.77. The third-order valence-corrected chi connectivity index (χ3v) is 6.18. The van der Waals surface area contributed by atoms with Crippen molar-refractivity contribution in [2.45, 2.75) is 70.9 Å². The molecule has 2 fully saturated rings. The minimum absolute atomic E-state index is 0.272. The normalized spacial score (nSPS) is 37.4. The highest BCUT2D eigenvalue weighted by atomic mass is 15.3. The molecular weight excluding hydrogens is 258 g/mol. The first-order valence-electron chi connectivity index (χ1n) is 9.14. The largest absolute Gasteiger partial charge is 0.329 e. The lowest BCUT2D eigenvalue weighted by molar-refractivity contribution is 0.0424. The lowest BCUT2D eigenvalue weighted by atomic mass is 9.84. The molecule has 3 nitrogen and oxygen atoms in total. The Bertz CT molecular complexity index is 318. The van der Waals surface area contributed by atoms with Crippen LogP contribution in [0.2, 0.25) is 0 Å². The van der Waals surface area contributed by atoms with Crippen LogP contribution in [0.5, 0.6) is 0 Å². The van der Waals surface area contributed by atoms with Gasteiger partial charge in [0.2, 0.25) is 0 Å². The zero-order chi connectivity index (χ0) is 15.5. The summed E-state index contributed by atoms with van der Waals surface area (Å²) < 4.78 is 0. The quantitative estimate of drug-likeness (QED) is 0.813. The maximum absolute atomic E-state index is 6.35. The van der Waals surface area contributed by atoms with Gasteiger partial charge in [-0.25, -0.2) is 0 Å². The summed E-state index contributed by atoms with van der Waals surface area (Å²) in [6.45, 7) is 11.7. The Balaban J connectivity index is 2.12. The molecule has 21 heavy (non-hydrogen) atoms. The van der Waals surface area contributed by atoms with Gasteiger partial charge in [-0.1, -0.05) is 26.7 Å². The monoisotopic (exact) mass is 295 g/mol. The average Bonchev–Trinajstić information content (AvgIpc) is 2.75.